The van der Waals surface area contributed by atoms with Crippen LogP contribution >= 0.6 is 11.3 Å². The smallest absolute Gasteiger partial charge is 0.243 e. The van der Waals surface area contributed by atoms with Gasteiger partial charge in [-0.3, -0.25) is 14.8 Å². The van der Waals surface area contributed by atoms with Gasteiger partial charge in [-0.25, -0.2) is 13.9 Å². The zero-order chi connectivity index (χ0) is 23.2. The Morgan fingerprint density at radius 2 is 1.75 bits per heavy atom. The third-order valence-electron chi connectivity index (χ3n) is 4.31. The maximum Gasteiger partial charge on any atom is 0.243 e. The molecule has 2 rings (SSSR count). The predicted octanol–water partition coefficient (Wildman–Crippen LogP) is 1.95. The topological polar surface area (TPSA) is 131 Å². The molecule has 0 radical (unpaired) electrons. The van der Waals surface area contributed by atoms with Gasteiger partial charge in [0.1, 0.15) is 12.4 Å². The Bertz CT molecular complexity index is 930. The van der Waals surface area contributed by atoms with E-state index in [0.29, 0.717) is 38.2 Å². The summed E-state index contributed by atoms with van der Waals surface area (Å²) in [7, 11) is -3.44. The van der Waals surface area contributed by atoms with Gasteiger partial charge in [0.05, 0.1) is 23.6 Å². The summed E-state index contributed by atoms with van der Waals surface area (Å²) in [5.41, 5.74) is 1.54. The maximum atomic E-state index is 12.4. The number of amides is 2. The Morgan fingerprint density at radius 1 is 1.00 bits per heavy atom. The van der Waals surface area contributed by atoms with Crippen molar-refractivity contribution in [2.45, 2.75) is 30.6 Å². The van der Waals surface area contributed by atoms with Gasteiger partial charge in [0, 0.05) is 24.5 Å². The molecule has 32 heavy (non-hydrogen) atoms. The van der Waals surface area contributed by atoms with E-state index in [4.69, 9.17) is 14.7 Å². The van der Waals surface area contributed by atoms with Crippen molar-refractivity contribution in [3.8, 4) is 5.75 Å². The van der Waals surface area contributed by atoms with Crippen molar-refractivity contribution >= 4 is 33.0 Å². The minimum absolute atomic E-state index is 0.0550. The highest BCUT2D eigenvalue weighted by Crippen LogP contribution is 2.17. The summed E-state index contributed by atoms with van der Waals surface area (Å²) < 4.78 is 35.7. The second-order valence-electron chi connectivity index (χ2n) is 6.85. The molecule has 1 aromatic carbocycles. The first-order valence-corrected chi connectivity index (χ1v) is 12.7. The van der Waals surface area contributed by atoms with E-state index < -0.39 is 15.7 Å². The Kier molecular flexibility index (Phi) is 11.2. The van der Waals surface area contributed by atoms with Crippen molar-refractivity contribution in [3.63, 3.8) is 0 Å². The fourth-order valence-corrected chi connectivity index (χ4v) is 4.69. The lowest BCUT2D eigenvalue weighted by molar-refractivity contribution is -0.129. The van der Waals surface area contributed by atoms with Crippen LogP contribution in [0.5, 0.6) is 5.75 Å². The first-order valence-electron chi connectivity index (χ1n) is 10.2. The molecule has 2 aromatic rings. The number of hydroxylamine groups is 1. The SMILES string of the molecule is O=C(CCCOCCCS(=O)(=O)c1ccc(OCCNC(=O)Cc2cccs2)cc1)NO. The van der Waals surface area contributed by atoms with Crippen molar-refractivity contribution < 1.29 is 32.7 Å². The predicted molar refractivity (Wildman–Crippen MR) is 120 cm³/mol. The van der Waals surface area contributed by atoms with Crippen LogP contribution < -0.4 is 15.5 Å². The standard InChI is InChI=1S/C21H28N2O7S2/c24-20(23-26)5-1-11-29-12-3-15-32(27,28)19-8-6-17(7-9-19)30-13-10-22-21(25)16-18-4-2-14-31-18/h2,4,6-9,14,26H,1,3,5,10-13,15-16H2,(H,22,25)(H,23,24). The first kappa shape index (κ1) is 25.8. The highest BCUT2D eigenvalue weighted by molar-refractivity contribution is 7.91. The van der Waals surface area contributed by atoms with Crippen LogP contribution in [0.25, 0.3) is 0 Å². The zero-order valence-electron chi connectivity index (χ0n) is 17.6. The highest BCUT2D eigenvalue weighted by Gasteiger charge is 2.14. The molecule has 0 unspecified atom stereocenters. The second kappa shape index (κ2) is 13.8. The molecule has 0 spiro atoms. The van der Waals surface area contributed by atoms with E-state index in [1.807, 2.05) is 17.5 Å². The summed E-state index contributed by atoms with van der Waals surface area (Å²) in [5.74, 6) is -0.0908. The van der Waals surface area contributed by atoms with Crippen molar-refractivity contribution in [3.05, 3.63) is 46.7 Å². The number of sulfone groups is 1. The number of nitrogens with one attached hydrogen (secondary N) is 2. The lowest BCUT2D eigenvalue weighted by Gasteiger charge is -2.09. The Hall–Kier alpha value is -2.47. The van der Waals surface area contributed by atoms with Gasteiger partial charge >= 0.3 is 0 Å². The summed E-state index contributed by atoms with van der Waals surface area (Å²) in [6, 6.07) is 9.97. The van der Waals surface area contributed by atoms with E-state index in [0.717, 1.165) is 4.88 Å². The Labute approximate surface area is 191 Å². The van der Waals surface area contributed by atoms with Crippen LogP contribution in [-0.4, -0.2) is 57.6 Å². The van der Waals surface area contributed by atoms with Gasteiger partial charge in [0.25, 0.3) is 0 Å². The quantitative estimate of drug-likeness (QED) is 0.200. The normalized spacial score (nSPS) is 11.2. The molecule has 2 amide bonds. The lowest BCUT2D eigenvalue weighted by atomic mass is 10.3. The van der Waals surface area contributed by atoms with E-state index in [-0.39, 0.29) is 36.2 Å². The Balaban J connectivity index is 1.62. The van der Waals surface area contributed by atoms with E-state index in [1.54, 1.807) is 12.1 Å². The third kappa shape index (κ3) is 9.77. The molecule has 11 heteroatoms. The molecule has 9 nitrogen and oxygen atoms in total. The van der Waals surface area contributed by atoms with Crippen LogP contribution in [-0.2, 0) is 30.6 Å². The minimum atomic E-state index is -3.44. The molecule has 176 valence electrons. The van der Waals surface area contributed by atoms with Crippen molar-refractivity contribution in [2.24, 2.45) is 0 Å². The first-order chi connectivity index (χ1) is 15.4. The van der Waals surface area contributed by atoms with E-state index in [1.165, 1.54) is 28.9 Å². The van der Waals surface area contributed by atoms with Crippen LogP contribution in [0.2, 0.25) is 0 Å². The third-order valence-corrected chi connectivity index (χ3v) is 7.00. The average molecular weight is 485 g/mol. The highest BCUT2D eigenvalue weighted by atomic mass is 32.2. The summed E-state index contributed by atoms with van der Waals surface area (Å²) in [6.45, 7) is 1.21. The number of hydrogen-bond acceptors (Lipinski definition) is 8. The molecule has 0 atom stereocenters. The summed E-state index contributed by atoms with van der Waals surface area (Å²) in [4.78, 5) is 23.9. The number of rotatable bonds is 15. The molecule has 1 aromatic heterocycles. The van der Waals surface area contributed by atoms with Crippen LogP contribution in [0.1, 0.15) is 24.1 Å². The largest absolute Gasteiger partial charge is 0.492 e. The fourth-order valence-electron chi connectivity index (χ4n) is 2.70. The van der Waals surface area contributed by atoms with Crippen LogP contribution in [0.4, 0.5) is 0 Å². The molecular weight excluding hydrogens is 456 g/mol. The molecule has 0 bridgehead atoms. The lowest BCUT2D eigenvalue weighted by Crippen LogP contribution is -2.29. The number of benzene rings is 1. The monoisotopic (exact) mass is 484 g/mol. The van der Waals surface area contributed by atoms with Crippen molar-refractivity contribution in [1.29, 1.82) is 0 Å². The molecule has 3 N–H and O–H groups in total. The molecule has 0 saturated heterocycles. The van der Waals surface area contributed by atoms with Gasteiger partial charge in [-0.2, -0.15) is 0 Å². The summed E-state index contributed by atoms with van der Waals surface area (Å²) >= 11 is 1.53. The molecule has 1 heterocycles. The van der Waals surface area contributed by atoms with Crippen LogP contribution in [0, 0.1) is 0 Å². The number of thiophene rings is 1. The molecule has 0 saturated carbocycles. The fraction of sp³-hybridized carbons (Fsp3) is 0.429. The molecular formula is C21H28N2O7S2. The number of ether oxygens (including phenoxy) is 2. The van der Waals surface area contributed by atoms with Gasteiger partial charge in [-0.05, 0) is 48.6 Å². The second-order valence-corrected chi connectivity index (χ2v) is 9.99. The molecule has 0 fully saturated rings. The van der Waals surface area contributed by atoms with Crippen molar-refractivity contribution in [2.75, 3.05) is 32.1 Å². The molecule has 0 aliphatic carbocycles. The molecule has 0 aliphatic heterocycles. The van der Waals surface area contributed by atoms with Gasteiger partial charge < -0.3 is 14.8 Å². The van der Waals surface area contributed by atoms with Gasteiger partial charge in [-0.15, -0.1) is 11.3 Å². The van der Waals surface area contributed by atoms with Crippen molar-refractivity contribution in [1.82, 2.24) is 10.8 Å². The van der Waals surface area contributed by atoms with Crippen LogP contribution in [0.15, 0.2) is 46.7 Å². The number of hydrogen-bond donors (Lipinski definition) is 3. The van der Waals surface area contributed by atoms with E-state index in [2.05, 4.69) is 5.32 Å². The minimum Gasteiger partial charge on any atom is -0.492 e. The maximum absolute atomic E-state index is 12.4. The van der Waals surface area contributed by atoms with E-state index >= 15 is 0 Å². The summed E-state index contributed by atoms with van der Waals surface area (Å²) in [6.07, 6.45) is 1.26. The van der Waals surface area contributed by atoms with Gasteiger partial charge in [-0.1, -0.05) is 6.07 Å². The number of carbonyl (C=O) groups is 2. The zero-order valence-corrected chi connectivity index (χ0v) is 19.3. The van der Waals surface area contributed by atoms with Crippen LogP contribution in [0.3, 0.4) is 0 Å². The molecule has 0 aliphatic rings. The average Bonchev–Trinajstić information content (AvgIpc) is 3.29. The number of carbonyl (C=O) groups excluding carboxylic acids is 2. The van der Waals surface area contributed by atoms with Gasteiger partial charge in [0.15, 0.2) is 9.84 Å². The Morgan fingerprint density at radius 3 is 2.44 bits per heavy atom. The van der Waals surface area contributed by atoms with E-state index in [9.17, 15) is 18.0 Å². The summed E-state index contributed by atoms with van der Waals surface area (Å²) in [5, 5.41) is 13.1. The van der Waals surface area contributed by atoms with Gasteiger partial charge in [0.2, 0.25) is 11.8 Å².